The minimum absolute atomic E-state index is 0.124. The quantitative estimate of drug-likeness (QED) is 0.868. The number of hydrogen-bond acceptors (Lipinski definition) is 2. The largest absolute Gasteiger partial charge is 0.489 e. The van der Waals surface area contributed by atoms with E-state index in [4.69, 9.17) is 16.3 Å². The molecule has 0 aromatic heterocycles. The van der Waals surface area contributed by atoms with Crippen LogP contribution in [0.5, 0.6) is 5.75 Å². The lowest BCUT2D eigenvalue weighted by molar-refractivity contribution is 0.299. The molecular formula is C17H19ClFNO. The molecule has 1 unspecified atom stereocenters. The maximum absolute atomic E-state index is 13.4. The van der Waals surface area contributed by atoms with Crippen LogP contribution in [-0.2, 0) is 6.61 Å². The van der Waals surface area contributed by atoms with Crippen LogP contribution in [0, 0.1) is 12.7 Å². The Kier molecular flexibility index (Phi) is 5.21. The Balaban J connectivity index is 2.17. The van der Waals surface area contributed by atoms with E-state index < -0.39 is 5.82 Å². The van der Waals surface area contributed by atoms with Crippen LogP contribution in [0.3, 0.4) is 0 Å². The standard InChI is InChI=1S/C17H19ClFNO/c1-11-4-7-17(14(8-11)12(2)20-3)21-10-13-5-6-15(18)16(19)9-13/h4-9,12,20H,10H2,1-3H3. The number of nitrogens with one attached hydrogen (secondary N) is 1. The Bertz CT molecular complexity index is 630. The second kappa shape index (κ2) is 6.92. The van der Waals surface area contributed by atoms with Gasteiger partial charge in [0.15, 0.2) is 0 Å². The summed E-state index contributed by atoms with van der Waals surface area (Å²) < 4.78 is 19.3. The molecule has 0 heterocycles. The zero-order chi connectivity index (χ0) is 15.4. The molecule has 0 saturated carbocycles. The van der Waals surface area contributed by atoms with Crippen LogP contribution in [0.25, 0.3) is 0 Å². The van der Waals surface area contributed by atoms with Crippen molar-refractivity contribution < 1.29 is 9.13 Å². The van der Waals surface area contributed by atoms with Gasteiger partial charge in [-0.25, -0.2) is 4.39 Å². The molecule has 2 nitrogen and oxygen atoms in total. The molecule has 0 radical (unpaired) electrons. The monoisotopic (exact) mass is 307 g/mol. The third-order valence-electron chi connectivity index (χ3n) is 3.44. The Morgan fingerprint density at radius 3 is 2.67 bits per heavy atom. The fraction of sp³-hybridized carbons (Fsp3) is 0.294. The maximum Gasteiger partial charge on any atom is 0.142 e. The van der Waals surface area contributed by atoms with Crippen molar-refractivity contribution in [2.75, 3.05) is 7.05 Å². The van der Waals surface area contributed by atoms with Gasteiger partial charge in [0.2, 0.25) is 0 Å². The van der Waals surface area contributed by atoms with Crippen LogP contribution in [0.4, 0.5) is 4.39 Å². The first-order valence-electron chi connectivity index (χ1n) is 6.86. The van der Waals surface area contributed by atoms with Crippen molar-refractivity contribution in [1.82, 2.24) is 5.32 Å². The summed E-state index contributed by atoms with van der Waals surface area (Å²) in [5.41, 5.74) is 3.02. The number of rotatable bonds is 5. The number of aryl methyl sites for hydroxylation is 1. The van der Waals surface area contributed by atoms with E-state index in [0.29, 0.717) is 6.61 Å². The van der Waals surface area contributed by atoms with Gasteiger partial charge in [0, 0.05) is 11.6 Å². The summed E-state index contributed by atoms with van der Waals surface area (Å²) in [6.07, 6.45) is 0. The van der Waals surface area contributed by atoms with E-state index in [-0.39, 0.29) is 11.1 Å². The molecule has 1 atom stereocenters. The SMILES string of the molecule is CNC(C)c1cc(C)ccc1OCc1ccc(Cl)c(F)c1. The lowest BCUT2D eigenvalue weighted by Gasteiger charge is -2.17. The zero-order valence-electron chi connectivity index (χ0n) is 12.4. The highest BCUT2D eigenvalue weighted by molar-refractivity contribution is 6.30. The summed E-state index contributed by atoms with van der Waals surface area (Å²) in [6.45, 7) is 4.43. The minimum atomic E-state index is -0.425. The van der Waals surface area contributed by atoms with Gasteiger partial charge in [-0.05, 0) is 44.7 Å². The number of benzene rings is 2. The van der Waals surface area contributed by atoms with Crippen molar-refractivity contribution in [3.63, 3.8) is 0 Å². The zero-order valence-corrected chi connectivity index (χ0v) is 13.2. The molecule has 112 valence electrons. The Labute approximate surface area is 129 Å². The molecule has 0 bridgehead atoms. The molecule has 0 aliphatic heterocycles. The number of ether oxygens (including phenoxy) is 1. The molecule has 0 saturated heterocycles. The van der Waals surface area contributed by atoms with Crippen molar-refractivity contribution in [2.45, 2.75) is 26.5 Å². The van der Waals surface area contributed by atoms with Gasteiger partial charge < -0.3 is 10.1 Å². The third-order valence-corrected chi connectivity index (χ3v) is 3.75. The number of hydrogen-bond donors (Lipinski definition) is 1. The summed E-state index contributed by atoms with van der Waals surface area (Å²) in [5.74, 6) is 0.378. The second-order valence-corrected chi connectivity index (χ2v) is 5.50. The third kappa shape index (κ3) is 3.96. The van der Waals surface area contributed by atoms with Crippen LogP contribution in [0.1, 0.15) is 29.7 Å². The Hall–Kier alpha value is -1.58. The highest BCUT2D eigenvalue weighted by atomic mass is 35.5. The Morgan fingerprint density at radius 1 is 1.24 bits per heavy atom. The van der Waals surface area contributed by atoms with E-state index in [1.807, 2.05) is 26.1 Å². The first-order chi connectivity index (χ1) is 10.0. The summed E-state index contributed by atoms with van der Waals surface area (Å²) in [4.78, 5) is 0. The van der Waals surface area contributed by atoms with Gasteiger partial charge in [0.25, 0.3) is 0 Å². The van der Waals surface area contributed by atoms with Gasteiger partial charge >= 0.3 is 0 Å². The van der Waals surface area contributed by atoms with Crippen molar-refractivity contribution in [2.24, 2.45) is 0 Å². The molecular weight excluding hydrogens is 289 g/mol. The average Bonchev–Trinajstić information content (AvgIpc) is 2.48. The van der Waals surface area contributed by atoms with Gasteiger partial charge in [-0.1, -0.05) is 35.4 Å². The first-order valence-corrected chi connectivity index (χ1v) is 7.23. The average molecular weight is 308 g/mol. The van der Waals surface area contributed by atoms with Crippen molar-refractivity contribution >= 4 is 11.6 Å². The van der Waals surface area contributed by atoms with Crippen LogP contribution in [0.2, 0.25) is 5.02 Å². The molecule has 0 aliphatic rings. The fourth-order valence-electron chi connectivity index (χ4n) is 2.08. The molecule has 4 heteroatoms. The minimum Gasteiger partial charge on any atom is -0.489 e. The van der Waals surface area contributed by atoms with E-state index in [9.17, 15) is 4.39 Å². The van der Waals surface area contributed by atoms with E-state index in [0.717, 1.165) is 16.9 Å². The molecule has 1 N–H and O–H groups in total. The summed E-state index contributed by atoms with van der Waals surface area (Å²) in [7, 11) is 1.91. The van der Waals surface area contributed by atoms with Gasteiger partial charge in [-0.3, -0.25) is 0 Å². The fourth-order valence-corrected chi connectivity index (χ4v) is 2.20. The molecule has 2 aromatic rings. The van der Waals surface area contributed by atoms with E-state index in [1.54, 1.807) is 12.1 Å². The van der Waals surface area contributed by atoms with E-state index in [2.05, 4.69) is 18.3 Å². The van der Waals surface area contributed by atoms with E-state index >= 15 is 0 Å². The molecule has 0 aliphatic carbocycles. The van der Waals surface area contributed by atoms with Crippen LogP contribution in [-0.4, -0.2) is 7.05 Å². The van der Waals surface area contributed by atoms with Crippen molar-refractivity contribution in [3.05, 3.63) is 63.9 Å². The topological polar surface area (TPSA) is 21.3 Å². The molecule has 0 fully saturated rings. The van der Waals surface area contributed by atoms with Crippen LogP contribution >= 0.6 is 11.6 Å². The maximum atomic E-state index is 13.4. The molecule has 21 heavy (non-hydrogen) atoms. The Morgan fingerprint density at radius 2 is 2.00 bits per heavy atom. The summed E-state index contributed by atoms with van der Waals surface area (Å²) in [6, 6.07) is 10.9. The number of halogens is 2. The van der Waals surface area contributed by atoms with Gasteiger partial charge in [0.05, 0.1) is 5.02 Å². The van der Waals surface area contributed by atoms with Crippen LogP contribution < -0.4 is 10.1 Å². The smallest absolute Gasteiger partial charge is 0.142 e. The second-order valence-electron chi connectivity index (χ2n) is 5.09. The van der Waals surface area contributed by atoms with Crippen LogP contribution in [0.15, 0.2) is 36.4 Å². The lowest BCUT2D eigenvalue weighted by atomic mass is 10.0. The summed E-state index contributed by atoms with van der Waals surface area (Å²) in [5, 5.41) is 3.33. The first kappa shape index (κ1) is 15.8. The molecule has 0 spiro atoms. The highest BCUT2D eigenvalue weighted by Crippen LogP contribution is 2.27. The predicted molar refractivity (Wildman–Crippen MR) is 84.4 cm³/mol. The molecule has 0 amide bonds. The van der Waals surface area contributed by atoms with Gasteiger partial charge in [-0.15, -0.1) is 0 Å². The highest BCUT2D eigenvalue weighted by Gasteiger charge is 2.11. The predicted octanol–water partition coefficient (Wildman–Crippen LogP) is 4.65. The van der Waals surface area contributed by atoms with Crippen molar-refractivity contribution in [1.29, 1.82) is 0 Å². The summed E-state index contributed by atoms with van der Waals surface area (Å²) >= 11 is 5.68. The van der Waals surface area contributed by atoms with Crippen molar-refractivity contribution in [3.8, 4) is 5.75 Å². The van der Waals surface area contributed by atoms with Gasteiger partial charge in [0.1, 0.15) is 18.2 Å². The molecule has 2 aromatic carbocycles. The lowest BCUT2D eigenvalue weighted by Crippen LogP contribution is -2.14. The van der Waals surface area contributed by atoms with Gasteiger partial charge in [-0.2, -0.15) is 0 Å². The molecule has 2 rings (SSSR count). The van der Waals surface area contributed by atoms with E-state index in [1.165, 1.54) is 11.6 Å². The normalized spacial score (nSPS) is 12.2.